The Balaban J connectivity index is 1.79. The zero-order valence-corrected chi connectivity index (χ0v) is 11.0. The molecule has 0 unspecified atom stereocenters. The normalized spacial score (nSPS) is 30.2. The molecule has 2 atom stereocenters. The van der Waals surface area contributed by atoms with Gasteiger partial charge in [0.05, 0.1) is 6.54 Å². The largest absolute Gasteiger partial charge is 0.388 e. The molecule has 1 N–H and O–H groups in total. The lowest BCUT2D eigenvalue weighted by Gasteiger charge is -2.25. The summed E-state index contributed by atoms with van der Waals surface area (Å²) >= 11 is 0. The maximum Gasteiger partial charge on any atom is 0.272 e. The molecule has 0 aromatic carbocycles. The molecule has 3 heterocycles. The van der Waals surface area contributed by atoms with E-state index in [0.29, 0.717) is 25.4 Å². The van der Waals surface area contributed by atoms with Crippen LogP contribution in [0.3, 0.4) is 0 Å². The number of nitrogens with zero attached hydrogens (tertiary/aromatic N) is 2. The first kappa shape index (κ1) is 12.6. The summed E-state index contributed by atoms with van der Waals surface area (Å²) in [5.41, 5.74) is 0.708. The number of ether oxygens (including phenoxy) is 1. The van der Waals surface area contributed by atoms with Crippen molar-refractivity contribution in [3.05, 3.63) is 29.6 Å². The molecule has 19 heavy (non-hydrogen) atoms. The highest BCUT2D eigenvalue weighted by molar-refractivity contribution is 5.92. The van der Waals surface area contributed by atoms with Gasteiger partial charge in [-0.1, -0.05) is 6.07 Å². The van der Waals surface area contributed by atoms with Crippen LogP contribution in [0.4, 0.5) is 0 Å². The van der Waals surface area contributed by atoms with Crippen molar-refractivity contribution in [2.45, 2.75) is 31.5 Å². The lowest BCUT2D eigenvalue weighted by Crippen LogP contribution is -2.41. The lowest BCUT2D eigenvalue weighted by atomic mass is 9.97. The number of aromatic nitrogens is 1. The summed E-state index contributed by atoms with van der Waals surface area (Å²) in [7, 11) is 0. The molecule has 5 nitrogen and oxygen atoms in total. The van der Waals surface area contributed by atoms with Gasteiger partial charge in [0.25, 0.3) is 5.91 Å². The predicted molar refractivity (Wildman–Crippen MR) is 68.8 cm³/mol. The van der Waals surface area contributed by atoms with E-state index in [-0.39, 0.29) is 5.91 Å². The van der Waals surface area contributed by atoms with Crippen molar-refractivity contribution in [2.24, 2.45) is 0 Å². The minimum atomic E-state index is -0.594. The molecule has 102 valence electrons. The molecule has 2 aliphatic rings. The fourth-order valence-corrected chi connectivity index (χ4v) is 2.95. The van der Waals surface area contributed by atoms with Crippen LogP contribution < -0.4 is 0 Å². The number of rotatable bonds is 1. The molecule has 1 amide bonds. The second-order valence-corrected chi connectivity index (χ2v) is 5.38. The van der Waals surface area contributed by atoms with Crippen LogP contribution >= 0.6 is 0 Å². The summed E-state index contributed by atoms with van der Waals surface area (Å²) in [5, 5.41) is 10.2. The fourth-order valence-electron chi connectivity index (χ4n) is 2.95. The Morgan fingerprint density at radius 3 is 3.11 bits per heavy atom. The maximum atomic E-state index is 12.4. The summed E-state index contributed by atoms with van der Waals surface area (Å²) in [5.74, 6) is -0.130. The first-order chi connectivity index (χ1) is 9.11. The molecule has 3 rings (SSSR count). The van der Waals surface area contributed by atoms with Crippen LogP contribution in [0.5, 0.6) is 0 Å². The van der Waals surface area contributed by atoms with E-state index in [0.717, 1.165) is 18.5 Å². The van der Waals surface area contributed by atoms with E-state index < -0.39 is 11.7 Å². The van der Waals surface area contributed by atoms with E-state index in [1.807, 2.05) is 19.1 Å². The number of hydrogen-bond acceptors (Lipinski definition) is 4. The van der Waals surface area contributed by atoms with Gasteiger partial charge in [-0.25, -0.2) is 4.98 Å². The minimum absolute atomic E-state index is 0.130. The van der Waals surface area contributed by atoms with Crippen molar-refractivity contribution in [1.82, 2.24) is 9.88 Å². The monoisotopic (exact) mass is 262 g/mol. The second kappa shape index (κ2) is 4.58. The third kappa shape index (κ3) is 2.13. The minimum Gasteiger partial charge on any atom is -0.388 e. The Morgan fingerprint density at radius 2 is 2.42 bits per heavy atom. The Labute approximate surface area is 112 Å². The third-order valence-corrected chi connectivity index (χ3v) is 3.99. The lowest BCUT2D eigenvalue weighted by molar-refractivity contribution is -0.0590. The van der Waals surface area contributed by atoms with Gasteiger partial charge in [-0.2, -0.15) is 0 Å². The number of pyridine rings is 1. The van der Waals surface area contributed by atoms with Gasteiger partial charge >= 0.3 is 0 Å². The zero-order chi connectivity index (χ0) is 13.5. The summed E-state index contributed by atoms with van der Waals surface area (Å²) in [4.78, 5) is 18.3. The maximum absolute atomic E-state index is 12.4. The van der Waals surface area contributed by atoms with Crippen LogP contribution in [0.25, 0.3) is 0 Å². The summed E-state index contributed by atoms with van der Waals surface area (Å²) in [6.07, 6.45) is 1.17. The molecule has 1 spiro atoms. The van der Waals surface area contributed by atoms with Gasteiger partial charge in [0, 0.05) is 18.8 Å². The molecule has 1 aromatic heterocycles. The van der Waals surface area contributed by atoms with Gasteiger partial charge in [0.1, 0.15) is 17.4 Å². The number of hydrogen-bond donors (Lipinski definition) is 1. The molecule has 2 saturated heterocycles. The van der Waals surface area contributed by atoms with E-state index >= 15 is 0 Å². The van der Waals surface area contributed by atoms with Gasteiger partial charge in [-0.3, -0.25) is 4.79 Å². The number of aliphatic hydroxyl groups excluding tert-OH is 1. The van der Waals surface area contributed by atoms with Gasteiger partial charge < -0.3 is 14.7 Å². The van der Waals surface area contributed by atoms with Crippen molar-refractivity contribution in [2.75, 3.05) is 19.7 Å². The first-order valence-electron chi connectivity index (χ1n) is 6.66. The summed E-state index contributed by atoms with van der Waals surface area (Å²) < 4.78 is 5.69. The number of aryl methyl sites for hydroxylation is 1. The molecule has 0 bridgehead atoms. The summed E-state index contributed by atoms with van der Waals surface area (Å²) in [6.45, 7) is 3.32. The van der Waals surface area contributed by atoms with Gasteiger partial charge in [0.2, 0.25) is 0 Å². The molecule has 0 aliphatic carbocycles. The Morgan fingerprint density at radius 1 is 1.58 bits per heavy atom. The van der Waals surface area contributed by atoms with E-state index in [2.05, 4.69) is 4.98 Å². The smallest absolute Gasteiger partial charge is 0.272 e. The first-order valence-corrected chi connectivity index (χ1v) is 6.66. The fraction of sp³-hybridized carbons (Fsp3) is 0.571. The van der Waals surface area contributed by atoms with E-state index in [4.69, 9.17) is 4.74 Å². The van der Waals surface area contributed by atoms with Gasteiger partial charge in [-0.05, 0) is 31.9 Å². The van der Waals surface area contributed by atoms with Crippen molar-refractivity contribution >= 4 is 5.91 Å². The highest BCUT2D eigenvalue weighted by atomic mass is 16.5. The van der Waals surface area contributed by atoms with E-state index in [1.54, 1.807) is 11.0 Å². The topological polar surface area (TPSA) is 62.7 Å². The summed E-state index contributed by atoms with van der Waals surface area (Å²) in [6, 6.07) is 5.39. The predicted octanol–water partition coefficient (Wildman–Crippen LogP) is 0.756. The number of likely N-dealkylation sites (tertiary alicyclic amines) is 1. The van der Waals surface area contributed by atoms with Crippen LogP contribution in [0.2, 0.25) is 0 Å². The van der Waals surface area contributed by atoms with Crippen LogP contribution in [-0.2, 0) is 4.74 Å². The standard InChI is InChI=1S/C14H18N2O3/c1-10-4-2-5-11(15-10)13(18)16-8-12(17)14(9-16)6-3-7-19-14/h2,4-5,12,17H,3,6-9H2,1H3/t12-,14-/m0/s1. The number of amides is 1. The number of β-amino-alcohol motifs (C(OH)–C–C–N with tert-alkyl or cyclic N) is 1. The van der Waals surface area contributed by atoms with E-state index in [1.165, 1.54) is 0 Å². The van der Waals surface area contributed by atoms with Crippen molar-refractivity contribution in [3.8, 4) is 0 Å². The van der Waals surface area contributed by atoms with Crippen LogP contribution in [-0.4, -0.2) is 52.3 Å². The van der Waals surface area contributed by atoms with Crippen LogP contribution in [0, 0.1) is 6.92 Å². The Kier molecular flexibility index (Phi) is 3.03. The number of carbonyl (C=O) groups excluding carboxylic acids is 1. The highest BCUT2D eigenvalue weighted by Crippen LogP contribution is 2.35. The second-order valence-electron chi connectivity index (χ2n) is 5.38. The molecule has 5 heteroatoms. The molecule has 0 radical (unpaired) electrons. The average molecular weight is 262 g/mol. The highest BCUT2D eigenvalue weighted by Gasteiger charge is 2.50. The molecular weight excluding hydrogens is 244 g/mol. The molecule has 1 aromatic rings. The average Bonchev–Trinajstić information content (AvgIpc) is 2.98. The van der Waals surface area contributed by atoms with Crippen molar-refractivity contribution in [3.63, 3.8) is 0 Å². The number of carbonyl (C=O) groups is 1. The zero-order valence-electron chi connectivity index (χ0n) is 11.0. The van der Waals surface area contributed by atoms with Gasteiger partial charge in [-0.15, -0.1) is 0 Å². The quantitative estimate of drug-likeness (QED) is 0.811. The molecular formula is C14H18N2O3. The SMILES string of the molecule is Cc1cccc(C(=O)N2C[C@H](O)[C@]3(CCCO3)C2)n1. The Hall–Kier alpha value is -1.46. The molecule has 0 saturated carbocycles. The van der Waals surface area contributed by atoms with E-state index in [9.17, 15) is 9.90 Å². The molecule has 2 aliphatic heterocycles. The van der Waals surface area contributed by atoms with Crippen molar-refractivity contribution < 1.29 is 14.6 Å². The Bertz CT molecular complexity index is 497. The molecule has 2 fully saturated rings. The van der Waals surface area contributed by atoms with Crippen LogP contribution in [0.15, 0.2) is 18.2 Å². The third-order valence-electron chi connectivity index (χ3n) is 3.99. The van der Waals surface area contributed by atoms with Gasteiger partial charge in [0.15, 0.2) is 0 Å². The number of aliphatic hydroxyl groups is 1. The van der Waals surface area contributed by atoms with Crippen molar-refractivity contribution in [1.29, 1.82) is 0 Å². The van der Waals surface area contributed by atoms with Crippen LogP contribution in [0.1, 0.15) is 29.0 Å².